The van der Waals surface area contributed by atoms with Crippen LogP contribution in [0.5, 0.6) is 0 Å². The molecule has 0 aliphatic carbocycles. The van der Waals surface area contributed by atoms with Gasteiger partial charge in [0.05, 0.1) is 11.0 Å². The highest BCUT2D eigenvalue weighted by atomic mass is 15.1. The highest BCUT2D eigenvalue weighted by molar-refractivity contribution is 6.41. The number of anilines is 3. The average molecular weight is 498 g/mol. The van der Waals surface area contributed by atoms with Crippen LogP contribution in [-0.2, 0) is 0 Å². The molecule has 0 unspecified atom stereocenters. The van der Waals surface area contributed by atoms with Gasteiger partial charge in [0, 0.05) is 33.5 Å². The number of nitrogens with zero attached hydrogens (tertiary/aromatic N) is 2. The molecular weight excluding hydrogens is 471 g/mol. The zero-order valence-electron chi connectivity index (χ0n) is 21.8. The first-order valence-corrected chi connectivity index (χ1v) is 13.4. The molecule has 0 bridgehead atoms. The lowest BCUT2D eigenvalue weighted by molar-refractivity contribution is 1.18. The van der Waals surface area contributed by atoms with Crippen molar-refractivity contribution in [2.75, 3.05) is 4.90 Å². The Bertz CT molecular complexity index is 1880. The molecule has 0 aliphatic heterocycles. The summed E-state index contributed by atoms with van der Waals surface area (Å²) < 4.78 is 2.39. The fraction of sp³-hybridized carbons (Fsp3) is 0. The van der Waals surface area contributed by atoms with Gasteiger partial charge in [-0.3, -0.25) is 0 Å². The molecule has 7 rings (SSSR count). The Morgan fingerprint density at radius 3 is 1.77 bits per heavy atom. The largest absolute Gasteiger partial charge is 0.310 e. The van der Waals surface area contributed by atoms with Gasteiger partial charge in [0.15, 0.2) is 0 Å². The van der Waals surface area contributed by atoms with Crippen LogP contribution in [0.15, 0.2) is 152 Å². The van der Waals surface area contributed by atoms with Crippen LogP contribution in [0.1, 0.15) is 0 Å². The number of para-hydroxylation sites is 3. The van der Waals surface area contributed by atoms with Gasteiger partial charge >= 0.3 is 0 Å². The Kier molecular flexibility index (Phi) is 5.75. The van der Waals surface area contributed by atoms with Crippen LogP contribution in [0, 0.1) is 0 Å². The van der Waals surface area contributed by atoms with Gasteiger partial charge in [-0.05, 0) is 71.8 Å². The van der Waals surface area contributed by atoms with Gasteiger partial charge in [-0.2, -0.15) is 0 Å². The molecule has 6 aromatic carbocycles. The highest BCUT2D eigenvalue weighted by Crippen LogP contribution is 2.37. The minimum Gasteiger partial charge on any atom is -0.310 e. The molecule has 2 nitrogen and oxygen atoms in total. The Hall–Kier alpha value is -5.02. The standard InChI is InChI=1S/C36H27BN2/c37-33-21-11-23-35-36(33)32-20-7-8-22-34(32)39(35)31-19-10-13-27(25-31)26-12-9-18-30(24-26)38(28-14-3-1-4-15-28)29-16-5-2-6-17-29/h1-25H,37H2. The van der Waals surface area contributed by atoms with Crippen LogP contribution in [0.2, 0.25) is 0 Å². The molecule has 0 atom stereocenters. The topological polar surface area (TPSA) is 8.17 Å². The lowest BCUT2D eigenvalue weighted by Crippen LogP contribution is -2.09. The smallest absolute Gasteiger partial charge is 0.140 e. The van der Waals surface area contributed by atoms with Crippen molar-refractivity contribution in [1.82, 2.24) is 4.57 Å². The maximum Gasteiger partial charge on any atom is 0.140 e. The van der Waals surface area contributed by atoms with E-state index in [1.807, 2.05) is 0 Å². The fourth-order valence-corrected chi connectivity index (χ4v) is 5.73. The second kappa shape index (κ2) is 9.70. The van der Waals surface area contributed by atoms with Crippen molar-refractivity contribution >= 4 is 52.2 Å². The first kappa shape index (κ1) is 23.1. The summed E-state index contributed by atoms with van der Waals surface area (Å²) in [6.45, 7) is 0. The minimum atomic E-state index is 1.13. The molecule has 0 N–H and O–H groups in total. The summed E-state index contributed by atoms with van der Waals surface area (Å²) >= 11 is 0. The molecule has 184 valence electrons. The van der Waals surface area contributed by atoms with Crippen LogP contribution >= 0.6 is 0 Å². The van der Waals surface area contributed by atoms with Crippen LogP contribution in [-0.4, -0.2) is 12.4 Å². The van der Waals surface area contributed by atoms with Crippen molar-refractivity contribution in [3.05, 3.63) is 152 Å². The molecule has 0 amide bonds. The number of fused-ring (bicyclic) bond motifs is 3. The molecule has 0 aliphatic rings. The van der Waals surface area contributed by atoms with Crippen LogP contribution in [0.3, 0.4) is 0 Å². The highest BCUT2D eigenvalue weighted by Gasteiger charge is 2.15. The van der Waals surface area contributed by atoms with E-state index in [4.69, 9.17) is 0 Å². The van der Waals surface area contributed by atoms with Crippen molar-refractivity contribution in [3.63, 3.8) is 0 Å². The van der Waals surface area contributed by atoms with Crippen molar-refractivity contribution in [2.45, 2.75) is 0 Å². The Morgan fingerprint density at radius 1 is 0.462 bits per heavy atom. The summed E-state index contributed by atoms with van der Waals surface area (Å²) in [4.78, 5) is 2.31. The quantitative estimate of drug-likeness (QED) is 0.217. The monoisotopic (exact) mass is 498 g/mol. The number of hydrogen-bond acceptors (Lipinski definition) is 1. The third-order valence-corrected chi connectivity index (χ3v) is 7.48. The normalized spacial score (nSPS) is 11.2. The third kappa shape index (κ3) is 4.09. The van der Waals surface area contributed by atoms with E-state index in [1.54, 1.807) is 0 Å². The first-order valence-electron chi connectivity index (χ1n) is 13.4. The zero-order chi connectivity index (χ0) is 26.2. The zero-order valence-corrected chi connectivity index (χ0v) is 21.8. The number of rotatable bonds is 5. The molecule has 1 aromatic heterocycles. The van der Waals surface area contributed by atoms with Crippen molar-refractivity contribution in [2.24, 2.45) is 0 Å². The van der Waals surface area contributed by atoms with Gasteiger partial charge in [-0.1, -0.05) is 96.5 Å². The van der Waals surface area contributed by atoms with Crippen LogP contribution < -0.4 is 10.4 Å². The van der Waals surface area contributed by atoms with Gasteiger partial charge in [0.1, 0.15) is 7.85 Å². The Morgan fingerprint density at radius 2 is 1.03 bits per heavy atom. The summed E-state index contributed by atoms with van der Waals surface area (Å²) in [5.41, 5.74) is 10.7. The molecular formula is C36H27BN2. The van der Waals surface area contributed by atoms with Crippen molar-refractivity contribution in [1.29, 1.82) is 0 Å². The minimum absolute atomic E-state index is 1.13. The molecule has 0 spiro atoms. The maximum absolute atomic E-state index is 2.39. The van der Waals surface area contributed by atoms with Gasteiger partial charge in [-0.25, -0.2) is 0 Å². The number of aromatic nitrogens is 1. The predicted molar refractivity (Wildman–Crippen MR) is 169 cm³/mol. The second-order valence-corrected chi connectivity index (χ2v) is 9.93. The summed E-state index contributed by atoms with van der Waals surface area (Å²) in [5, 5.41) is 2.61. The number of benzene rings is 6. The molecule has 0 saturated heterocycles. The van der Waals surface area contributed by atoms with E-state index in [9.17, 15) is 0 Å². The Balaban J connectivity index is 1.37. The van der Waals surface area contributed by atoms with E-state index in [0.717, 1.165) is 22.7 Å². The second-order valence-electron chi connectivity index (χ2n) is 9.93. The predicted octanol–water partition coefficient (Wildman–Crippen LogP) is 8.18. The lowest BCUT2D eigenvalue weighted by atomic mass is 9.91. The molecule has 3 heteroatoms. The van der Waals surface area contributed by atoms with E-state index >= 15 is 0 Å². The number of hydrogen-bond donors (Lipinski definition) is 0. The first-order chi connectivity index (χ1) is 19.3. The summed E-state index contributed by atoms with van der Waals surface area (Å²) in [7, 11) is 2.20. The summed E-state index contributed by atoms with van der Waals surface area (Å²) in [6.07, 6.45) is 0. The molecule has 7 aromatic rings. The molecule has 1 heterocycles. The molecule has 39 heavy (non-hydrogen) atoms. The van der Waals surface area contributed by atoms with Gasteiger partial charge < -0.3 is 9.47 Å². The van der Waals surface area contributed by atoms with E-state index in [2.05, 4.69) is 169 Å². The van der Waals surface area contributed by atoms with E-state index < -0.39 is 0 Å². The Labute approximate surface area is 229 Å². The molecule has 0 fully saturated rings. The van der Waals surface area contributed by atoms with Gasteiger partial charge in [0.25, 0.3) is 0 Å². The van der Waals surface area contributed by atoms with Gasteiger partial charge in [0.2, 0.25) is 0 Å². The maximum atomic E-state index is 2.39. The summed E-state index contributed by atoms with van der Waals surface area (Å²) in [6, 6.07) is 54.1. The lowest BCUT2D eigenvalue weighted by Gasteiger charge is -2.26. The van der Waals surface area contributed by atoms with E-state index in [0.29, 0.717) is 0 Å². The SMILES string of the molecule is Bc1cccc2c1c1ccccc1n2-c1cccc(-c2cccc(N(c3ccccc3)c3ccccc3)c2)c1. The van der Waals surface area contributed by atoms with Crippen LogP contribution in [0.25, 0.3) is 38.6 Å². The molecule has 0 saturated carbocycles. The fourth-order valence-electron chi connectivity index (χ4n) is 5.73. The van der Waals surface area contributed by atoms with Crippen molar-refractivity contribution in [3.8, 4) is 16.8 Å². The van der Waals surface area contributed by atoms with Crippen molar-refractivity contribution < 1.29 is 0 Å². The van der Waals surface area contributed by atoms with E-state index in [1.165, 1.54) is 38.4 Å². The molecule has 0 radical (unpaired) electrons. The van der Waals surface area contributed by atoms with Gasteiger partial charge in [-0.15, -0.1) is 0 Å². The van der Waals surface area contributed by atoms with Crippen LogP contribution in [0.4, 0.5) is 17.1 Å². The van der Waals surface area contributed by atoms with E-state index in [-0.39, 0.29) is 0 Å². The third-order valence-electron chi connectivity index (χ3n) is 7.48. The average Bonchev–Trinajstić information content (AvgIpc) is 3.34. The summed E-state index contributed by atoms with van der Waals surface area (Å²) in [5.74, 6) is 0.